The predicted molar refractivity (Wildman–Crippen MR) is 153 cm³/mol. The number of hydrogen-bond donors (Lipinski definition) is 1. The number of rotatable bonds is 5. The van der Waals surface area contributed by atoms with E-state index in [1.807, 2.05) is 18.2 Å². The third-order valence-electron chi connectivity index (χ3n) is 8.19. The van der Waals surface area contributed by atoms with Gasteiger partial charge in [-0.25, -0.2) is 13.4 Å². The second-order valence-corrected chi connectivity index (χ2v) is 12.9. The molecule has 10 heteroatoms. The van der Waals surface area contributed by atoms with Crippen LogP contribution in [0.15, 0.2) is 65.7 Å². The number of ether oxygens (including phenoxy) is 2. The summed E-state index contributed by atoms with van der Waals surface area (Å²) in [5.74, 6) is -0.463. The standard InChI is InChI=1S/C31H30N4O5S/c36-31(21-4-5-23-17-39-10-11-41(37,38)30(23)12-21)33-15-24-13-29-22(14-32-24)6-7-28(34-29)26-3-1-2-20-8-9-35(16-27(20)26)25-18-40-19-25/h1-7,12-14,25H,8-11,15-19H2,(H,33,36). The average molecular weight is 571 g/mol. The van der Waals surface area contributed by atoms with Crippen molar-refractivity contribution in [3.63, 3.8) is 0 Å². The normalized spacial score (nSPS) is 18.6. The van der Waals surface area contributed by atoms with Gasteiger partial charge in [-0.15, -0.1) is 0 Å². The van der Waals surface area contributed by atoms with Crippen molar-refractivity contribution in [3.8, 4) is 11.3 Å². The molecular formula is C31H30N4O5S. The second kappa shape index (κ2) is 10.6. The molecule has 9 nitrogen and oxygen atoms in total. The maximum absolute atomic E-state index is 12.9. The summed E-state index contributed by atoms with van der Waals surface area (Å²) >= 11 is 0. The lowest BCUT2D eigenvalue weighted by atomic mass is 9.92. The van der Waals surface area contributed by atoms with Crippen molar-refractivity contribution in [2.45, 2.75) is 37.1 Å². The molecular weight excluding hydrogens is 540 g/mol. The highest BCUT2D eigenvalue weighted by molar-refractivity contribution is 7.91. The fourth-order valence-corrected chi connectivity index (χ4v) is 7.12. The lowest BCUT2D eigenvalue weighted by Crippen LogP contribution is -2.50. The van der Waals surface area contributed by atoms with Crippen LogP contribution in [0.2, 0.25) is 0 Å². The van der Waals surface area contributed by atoms with E-state index in [1.54, 1.807) is 18.3 Å². The van der Waals surface area contributed by atoms with E-state index in [-0.39, 0.29) is 41.9 Å². The van der Waals surface area contributed by atoms with Crippen molar-refractivity contribution in [2.75, 3.05) is 32.1 Å². The van der Waals surface area contributed by atoms with Gasteiger partial charge in [-0.2, -0.15) is 0 Å². The molecule has 5 heterocycles. The summed E-state index contributed by atoms with van der Waals surface area (Å²) in [6.45, 7) is 4.09. The average Bonchev–Trinajstić information content (AvgIpc) is 3.11. The molecule has 1 N–H and O–H groups in total. The Morgan fingerprint density at radius 3 is 2.80 bits per heavy atom. The smallest absolute Gasteiger partial charge is 0.251 e. The summed E-state index contributed by atoms with van der Waals surface area (Å²) in [4.78, 5) is 25.1. The zero-order valence-electron chi connectivity index (χ0n) is 22.5. The van der Waals surface area contributed by atoms with Gasteiger partial charge in [-0.1, -0.05) is 24.3 Å². The van der Waals surface area contributed by atoms with E-state index < -0.39 is 9.84 Å². The van der Waals surface area contributed by atoms with E-state index in [0.717, 1.165) is 54.9 Å². The molecule has 41 heavy (non-hydrogen) atoms. The molecule has 0 saturated carbocycles. The third kappa shape index (κ3) is 5.12. The summed E-state index contributed by atoms with van der Waals surface area (Å²) in [5.41, 5.74) is 7.08. The molecule has 0 spiro atoms. The van der Waals surface area contributed by atoms with Crippen LogP contribution in [0, 0.1) is 0 Å². The number of aromatic nitrogens is 2. The van der Waals surface area contributed by atoms with Gasteiger partial charge >= 0.3 is 0 Å². The van der Waals surface area contributed by atoms with Gasteiger partial charge in [-0.05, 0) is 53.4 Å². The van der Waals surface area contributed by atoms with Gasteiger partial charge < -0.3 is 14.8 Å². The fraction of sp³-hybridized carbons (Fsp3) is 0.323. The minimum Gasteiger partial charge on any atom is -0.378 e. The first kappa shape index (κ1) is 26.2. The van der Waals surface area contributed by atoms with Crippen molar-refractivity contribution in [1.82, 2.24) is 20.2 Å². The molecule has 1 amide bonds. The lowest BCUT2D eigenvalue weighted by molar-refractivity contribution is -0.0694. The number of fused-ring (bicyclic) bond motifs is 3. The van der Waals surface area contributed by atoms with Crippen LogP contribution in [0.1, 0.15) is 32.7 Å². The van der Waals surface area contributed by atoms with Crippen molar-refractivity contribution >= 4 is 26.6 Å². The van der Waals surface area contributed by atoms with Crippen molar-refractivity contribution in [3.05, 3.63) is 88.7 Å². The minimum atomic E-state index is -3.50. The molecule has 1 saturated heterocycles. The van der Waals surface area contributed by atoms with Gasteiger partial charge in [0.1, 0.15) is 0 Å². The molecule has 0 unspecified atom stereocenters. The Kier molecular flexibility index (Phi) is 6.78. The molecule has 0 atom stereocenters. The maximum Gasteiger partial charge on any atom is 0.251 e. The maximum atomic E-state index is 12.9. The number of nitrogens with one attached hydrogen (secondary N) is 1. The predicted octanol–water partition coefficient (Wildman–Crippen LogP) is 3.29. The Bertz CT molecular complexity index is 1770. The van der Waals surface area contributed by atoms with Crippen LogP contribution in [-0.4, -0.2) is 67.4 Å². The van der Waals surface area contributed by atoms with Gasteiger partial charge in [0, 0.05) is 35.8 Å². The summed E-state index contributed by atoms with van der Waals surface area (Å²) in [7, 11) is -3.50. The molecule has 4 aromatic rings. The Labute approximate surface area is 238 Å². The molecule has 1 fully saturated rings. The Balaban J connectivity index is 1.11. The lowest BCUT2D eigenvalue weighted by Gasteiger charge is -2.40. The van der Waals surface area contributed by atoms with Gasteiger partial charge in [0.2, 0.25) is 0 Å². The molecule has 3 aliphatic rings. The number of pyridine rings is 2. The number of nitrogens with zero attached hydrogens (tertiary/aromatic N) is 3. The SMILES string of the molecule is O=C(NCc1cc2nc(-c3cccc4c3CN(C3COC3)CC4)ccc2cn1)c1ccc2c(c1)S(=O)(=O)CCOC2. The molecule has 210 valence electrons. The van der Waals surface area contributed by atoms with Crippen LogP contribution in [-0.2, 0) is 45.4 Å². The van der Waals surface area contributed by atoms with Crippen LogP contribution in [0.5, 0.6) is 0 Å². The van der Waals surface area contributed by atoms with Gasteiger partial charge in [0.05, 0.1) is 66.6 Å². The van der Waals surface area contributed by atoms with E-state index in [2.05, 4.69) is 33.4 Å². The monoisotopic (exact) mass is 570 g/mol. The quantitative estimate of drug-likeness (QED) is 0.389. The number of benzene rings is 2. The highest BCUT2D eigenvalue weighted by Gasteiger charge is 2.30. The van der Waals surface area contributed by atoms with Gasteiger partial charge in [0.25, 0.3) is 5.91 Å². The number of carbonyl (C=O) groups is 1. The van der Waals surface area contributed by atoms with Crippen LogP contribution in [0.25, 0.3) is 22.2 Å². The molecule has 7 rings (SSSR count). The van der Waals surface area contributed by atoms with Crippen molar-refractivity contribution in [2.24, 2.45) is 0 Å². The van der Waals surface area contributed by atoms with Crippen molar-refractivity contribution < 1.29 is 22.7 Å². The number of hydrogen-bond acceptors (Lipinski definition) is 8. The summed E-state index contributed by atoms with van der Waals surface area (Å²) in [5, 5.41) is 3.79. The van der Waals surface area contributed by atoms with Crippen LogP contribution in [0.4, 0.5) is 0 Å². The van der Waals surface area contributed by atoms with E-state index in [1.165, 1.54) is 17.2 Å². The largest absolute Gasteiger partial charge is 0.378 e. The Hall–Kier alpha value is -3.70. The van der Waals surface area contributed by atoms with Gasteiger partial charge in [0.15, 0.2) is 9.84 Å². The number of carbonyl (C=O) groups excluding carboxylic acids is 1. The van der Waals surface area contributed by atoms with Crippen molar-refractivity contribution in [1.29, 1.82) is 0 Å². The number of amides is 1. The van der Waals surface area contributed by atoms with Crippen LogP contribution >= 0.6 is 0 Å². The Morgan fingerprint density at radius 1 is 1.05 bits per heavy atom. The summed E-state index contributed by atoms with van der Waals surface area (Å²) in [6, 6.07) is 17.6. The third-order valence-corrected chi connectivity index (χ3v) is 9.95. The van der Waals surface area contributed by atoms with Crippen LogP contribution < -0.4 is 5.32 Å². The topological polar surface area (TPSA) is 111 Å². The van der Waals surface area contributed by atoms with E-state index in [0.29, 0.717) is 17.3 Å². The summed E-state index contributed by atoms with van der Waals surface area (Å²) < 4.78 is 36.0. The molecule has 3 aliphatic heterocycles. The zero-order chi connectivity index (χ0) is 28.0. The molecule has 2 aromatic carbocycles. The fourth-order valence-electron chi connectivity index (χ4n) is 5.73. The first-order valence-electron chi connectivity index (χ1n) is 13.8. The highest BCUT2D eigenvalue weighted by Crippen LogP contribution is 2.32. The first-order chi connectivity index (χ1) is 19.9. The zero-order valence-corrected chi connectivity index (χ0v) is 23.3. The van der Waals surface area contributed by atoms with E-state index in [4.69, 9.17) is 14.5 Å². The Morgan fingerprint density at radius 2 is 1.95 bits per heavy atom. The molecule has 2 aromatic heterocycles. The van der Waals surface area contributed by atoms with E-state index in [9.17, 15) is 13.2 Å². The molecule has 0 bridgehead atoms. The van der Waals surface area contributed by atoms with E-state index >= 15 is 0 Å². The second-order valence-electron chi connectivity index (χ2n) is 10.8. The first-order valence-corrected chi connectivity index (χ1v) is 15.5. The summed E-state index contributed by atoms with van der Waals surface area (Å²) in [6.07, 6.45) is 2.78. The minimum absolute atomic E-state index is 0.0966. The molecule has 0 radical (unpaired) electrons. The highest BCUT2D eigenvalue weighted by atomic mass is 32.2. The van der Waals surface area contributed by atoms with Crippen LogP contribution in [0.3, 0.4) is 0 Å². The van der Waals surface area contributed by atoms with Gasteiger partial charge in [-0.3, -0.25) is 14.7 Å². The molecule has 0 aliphatic carbocycles. The number of sulfone groups is 1.